The Labute approximate surface area is 313 Å². The van der Waals surface area contributed by atoms with Gasteiger partial charge in [0.25, 0.3) is 0 Å². The standard InChI is InChI=1S/C42H54N4O7/c1-28(44(8)40(51)53-42(5,6)7)36(47)43-35(41(2,3)4)38(49)46-27-33-18-14-13-17-32(33)25-34(46)37(48)45(24-23-29-15-11-10-12-16-29)26-30-19-21-31(22-20-30)39(50)52-9/h10-22,28,34-35H,23-27H2,1-9H3,(H,43,47)/t28-,34-,35+/m0/s1. The Morgan fingerprint density at radius 2 is 1.45 bits per heavy atom. The van der Waals surface area contributed by atoms with E-state index in [9.17, 15) is 24.0 Å². The van der Waals surface area contributed by atoms with E-state index in [1.807, 2.05) is 75.4 Å². The summed E-state index contributed by atoms with van der Waals surface area (Å²) in [6, 6.07) is 21.8. The van der Waals surface area contributed by atoms with Crippen LogP contribution in [-0.2, 0) is 49.8 Å². The average molecular weight is 727 g/mol. The fraction of sp³-hybridized carbons (Fsp3) is 0.452. The molecule has 0 aliphatic carbocycles. The molecule has 284 valence electrons. The molecule has 3 aromatic carbocycles. The smallest absolute Gasteiger partial charge is 0.410 e. The number of hydrogen-bond donors (Lipinski definition) is 1. The molecule has 0 radical (unpaired) electrons. The maximum absolute atomic E-state index is 14.9. The fourth-order valence-corrected chi connectivity index (χ4v) is 6.19. The highest BCUT2D eigenvalue weighted by Crippen LogP contribution is 2.30. The third kappa shape index (κ3) is 10.7. The van der Waals surface area contributed by atoms with Crippen LogP contribution in [0.3, 0.4) is 0 Å². The minimum absolute atomic E-state index is 0.182. The first-order valence-electron chi connectivity index (χ1n) is 18.0. The van der Waals surface area contributed by atoms with Crippen molar-refractivity contribution in [2.45, 2.75) is 98.1 Å². The van der Waals surface area contributed by atoms with E-state index in [1.54, 1.807) is 61.8 Å². The van der Waals surface area contributed by atoms with Gasteiger partial charge >= 0.3 is 12.1 Å². The third-order valence-corrected chi connectivity index (χ3v) is 9.43. The summed E-state index contributed by atoms with van der Waals surface area (Å²) < 4.78 is 10.3. The number of esters is 1. The van der Waals surface area contributed by atoms with Gasteiger partial charge in [0.1, 0.15) is 23.7 Å². The van der Waals surface area contributed by atoms with E-state index in [4.69, 9.17) is 9.47 Å². The molecule has 1 aliphatic heterocycles. The normalized spacial score (nSPS) is 15.3. The summed E-state index contributed by atoms with van der Waals surface area (Å²) in [5.74, 6) is -1.59. The molecular weight excluding hydrogens is 672 g/mol. The minimum Gasteiger partial charge on any atom is -0.465 e. The monoisotopic (exact) mass is 726 g/mol. The number of methoxy groups -OCH3 is 1. The van der Waals surface area contributed by atoms with E-state index in [0.29, 0.717) is 24.9 Å². The lowest BCUT2D eigenvalue weighted by Crippen LogP contribution is -2.62. The van der Waals surface area contributed by atoms with Crippen LogP contribution >= 0.6 is 0 Å². The van der Waals surface area contributed by atoms with Gasteiger partial charge in [-0.05, 0) is 73.9 Å². The van der Waals surface area contributed by atoms with Crippen molar-refractivity contribution in [3.63, 3.8) is 0 Å². The Morgan fingerprint density at radius 3 is 2.04 bits per heavy atom. The molecule has 0 aromatic heterocycles. The second-order valence-electron chi connectivity index (χ2n) is 15.7. The van der Waals surface area contributed by atoms with Crippen molar-refractivity contribution >= 4 is 29.8 Å². The van der Waals surface area contributed by atoms with Crippen molar-refractivity contribution in [2.24, 2.45) is 5.41 Å². The van der Waals surface area contributed by atoms with Crippen LogP contribution in [0.2, 0.25) is 0 Å². The van der Waals surface area contributed by atoms with Gasteiger partial charge in [0, 0.05) is 33.1 Å². The maximum Gasteiger partial charge on any atom is 0.410 e. The zero-order valence-electron chi connectivity index (χ0n) is 32.5. The van der Waals surface area contributed by atoms with Crippen LogP contribution in [0.1, 0.15) is 81.1 Å². The molecule has 0 unspecified atom stereocenters. The predicted octanol–water partition coefficient (Wildman–Crippen LogP) is 5.78. The van der Waals surface area contributed by atoms with Gasteiger partial charge in [-0.1, -0.05) is 87.5 Å². The zero-order chi connectivity index (χ0) is 39.1. The molecule has 53 heavy (non-hydrogen) atoms. The first kappa shape index (κ1) is 40.6. The summed E-state index contributed by atoms with van der Waals surface area (Å²) in [4.78, 5) is 72.8. The lowest BCUT2D eigenvalue weighted by molar-refractivity contribution is -0.151. The molecule has 0 saturated carbocycles. The van der Waals surface area contributed by atoms with E-state index >= 15 is 0 Å². The van der Waals surface area contributed by atoms with Gasteiger partial charge in [-0.3, -0.25) is 19.3 Å². The van der Waals surface area contributed by atoms with Gasteiger partial charge in [-0.2, -0.15) is 0 Å². The highest BCUT2D eigenvalue weighted by molar-refractivity contribution is 5.95. The van der Waals surface area contributed by atoms with E-state index in [-0.39, 0.29) is 19.0 Å². The first-order chi connectivity index (χ1) is 24.9. The quantitative estimate of drug-likeness (QED) is 0.248. The Bertz CT molecular complexity index is 1760. The number of benzene rings is 3. The van der Waals surface area contributed by atoms with Gasteiger partial charge in [-0.25, -0.2) is 9.59 Å². The van der Waals surface area contributed by atoms with Gasteiger partial charge < -0.3 is 24.6 Å². The van der Waals surface area contributed by atoms with Gasteiger partial charge in [0.15, 0.2) is 0 Å². The molecule has 0 saturated heterocycles. The molecule has 4 rings (SSSR count). The van der Waals surface area contributed by atoms with Gasteiger partial charge in [0.05, 0.1) is 12.7 Å². The number of hydrogen-bond acceptors (Lipinski definition) is 7. The van der Waals surface area contributed by atoms with Crippen LogP contribution in [0.5, 0.6) is 0 Å². The van der Waals surface area contributed by atoms with Crippen LogP contribution in [0.4, 0.5) is 4.79 Å². The third-order valence-electron chi connectivity index (χ3n) is 9.43. The number of fused-ring (bicyclic) bond motifs is 1. The van der Waals surface area contributed by atoms with E-state index in [1.165, 1.54) is 19.1 Å². The second-order valence-corrected chi connectivity index (χ2v) is 15.7. The summed E-state index contributed by atoms with van der Waals surface area (Å²) in [6.45, 7) is 13.2. The molecule has 0 bridgehead atoms. The number of ether oxygens (including phenoxy) is 2. The number of nitrogens with zero attached hydrogens (tertiary/aromatic N) is 3. The molecule has 3 atom stereocenters. The highest BCUT2D eigenvalue weighted by Gasteiger charge is 2.44. The molecule has 11 nitrogen and oxygen atoms in total. The van der Waals surface area contributed by atoms with Crippen molar-refractivity contribution < 1.29 is 33.4 Å². The topological polar surface area (TPSA) is 126 Å². The highest BCUT2D eigenvalue weighted by atomic mass is 16.6. The van der Waals surface area contributed by atoms with Crippen LogP contribution in [0.15, 0.2) is 78.9 Å². The number of likely N-dealkylation sites (N-methyl/N-ethyl adjacent to an activating group) is 1. The fourth-order valence-electron chi connectivity index (χ4n) is 6.19. The lowest BCUT2D eigenvalue weighted by atomic mass is 9.84. The van der Waals surface area contributed by atoms with Crippen molar-refractivity contribution in [1.29, 1.82) is 0 Å². The Balaban J connectivity index is 1.67. The molecule has 1 heterocycles. The first-order valence-corrected chi connectivity index (χ1v) is 18.0. The molecular formula is C42H54N4O7. The molecule has 11 heteroatoms. The van der Waals surface area contributed by atoms with Crippen LogP contribution in [0.25, 0.3) is 0 Å². The summed E-state index contributed by atoms with van der Waals surface area (Å²) in [6.07, 6.45) is 0.230. The Hall–Kier alpha value is -5.19. The molecule has 0 spiro atoms. The predicted molar refractivity (Wildman–Crippen MR) is 203 cm³/mol. The average Bonchev–Trinajstić information content (AvgIpc) is 3.12. The maximum atomic E-state index is 14.9. The molecule has 3 aromatic rings. The minimum atomic E-state index is -1.02. The lowest BCUT2D eigenvalue weighted by Gasteiger charge is -2.42. The summed E-state index contributed by atoms with van der Waals surface area (Å²) >= 11 is 0. The van der Waals surface area contributed by atoms with E-state index in [2.05, 4.69) is 5.32 Å². The molecule has 1 N–H and O–H groups in total. The number of carbonyl (C=O) groups excluding carboxylic acids is 5. The van der Waals surface area contributed by atoms with Crippen molar-refractivity contribution in [3.05, 3.63) is 107 Å². The van der Waals surface area contributed by atoms with E-state index < -0.39 is 53.0 Å². The molecule has 1 aliphatic rings. The van der Waals surface area contributed by atoms with Crippen molar-refractivity contribution in [3.8, 4) is 0 Å². The molecule has 0 fully saturated rings. The van der Waals surface area contributed by atoms with Crippen LogP contribution in [-0.4, -0.2) is 88.9 Å². The van der Waals surface area contributed by atoms with Gasteiger partial charge in [-0.15, -0.1) is 0 Å². The number of nitrogens with one attached hydrogen (secondary N) is 1. The second kappa shape index (κ2) is 17.1. The van der Waals surface area contributed by atoms with Crippen LogP contribution in [0, 0.1) is 5.41 Å². The SMILES string of the molecule is COC(=O)c1ccc(CN(CCc2ccccc2)C(=O)[C@@H]2Cc3ccccc3CN2C(=O)[C@@H](NC(=O)[C@H](C)N(C)C(=O)OC(C)(C)C)C(C)(C)C)cc1. The van der Waals surface area contributed by atoms with Crippen molar-refractivity contribution in [1.82, 2.24) is 20.0 Å². The summed E-state index contributed by atoms with van der Waals surface area (Å²) in [5, 5.41) is 2.93. The Morgan fingerprint density at radius 1 is 0.849 bits per heavy atom. The number of rotatable bonds is 11. The van der Waals surface area contributed by atoms with Crippen LogP contribution < -0.4 is 5.32 Å². The largest absolute Gasteiger partial charge is 0.465 e. The number of carbonyl (C=O) groups is 5. The zero-order valence-corrected chi connectivity index (χ0v) is 32.5. The van der Waals surface area contributed by atoms with Gasteiger partial charge in [0.2, 0.25) is 17.7 Å². The molecule has 4 amide bonds. The van der Waals surface area contributed by atoms with Crippen molar-refractivity contribution in [2.75, 3.05) is 20.7 Å². The van der Waals surface area contributed by atoms with E-state index in [0.717, 1.165) is 22.3 Å². The summed E-state index contributed by atoms with van der Waals surface area (Å²) in [7, 11) is 2.81. The Kier molecular flexibility index (Phi) is 13.1. The summed E-state index contributed by atoms with van der Waals surface area (Å²) in [5.41, 5.74) is 2.68. The number of amides is 4.